The Hall–Kier alpha value is -0.980. The van der Waals surface area contributed by atoms with Crippen molar-refractivity contribution >= 4 is 6.09 Å². The molecule has 0 radical (unpaired) electrons. The van der Waals surface area contributed by atoms with Crippen LogP contribution in [-0.4, -0.2) is 47.4 Å². The average molecular weight is 304 g/mol. The third kappa shape index (κ3) is 1.76. The molecule has 0 aromatic rings. The fourth-order valence-electron chi connectivity index (χ4n) is 4.77. The van der Waals surface area contributed by atoms with Gasteiger partial charge >= 0.3 is 12.3 Å². The Bertz CT molecular complexity index is 475. The molecule has 5 rings (SSSR count). The van der Waals surface area contributed by atoms with Crippen molar-refractivity contribution < 1.29 is 23.1 Å². The fraction of sp³-hybridized carbons (Fsp3) is 0.929. The van der Waals surface area contributed by atoms with E-state index >= 15 is 0 Å². The van der Waals surface area contributed by atoms with Crippen LogP contribution in [0.3, 0.4) is 0 Å². The van der Waals surface area contributed by atoms with E-state index in [0.29, 0.717) is 25.6 Å². The summed E-state index contributed by atoms with van der Waals surface area (Å²) in [5.41, 5.74) is -1.31. The summed E-state index contributed by atoms with van der Waals surface area (Å²) < 4.78 is 38.6. The zero-order chi connectivity index (χ0) is 15.1. The summed E-state index contributed by atoms with van der Waals surface area (Å²) in [7, 11) is 0. The molecule has 0 aromatic heterocycles. The van der Waals surface area contributed by atoms with Crippen molar-refractivity contribution in [2.45, 2.75) is 43.8 Å². The van der Waals surface area contributed by atoms with E-state index in [2.05, 4.69) is 5.32 Å². The van der Waals surface area contributed by atoms with Gasteiger partial charge in [-0.2, -0.15) is 13.2 Å². The lowest BCUT2D eigenvalue weighted by Crippen LogP contribution is -2.73. The highest BCUT2D eigenvalue weighted by Crippen LogP contribution is 2.77. The molecule has 4 nitrogen and oxygen atoms in total. The van der Waals surface area contributed by atoms with Gasteiger partial charge in [-0.15, -0.1) is 0 Å². The quantitative estimate of drug-likeness (QED) is 0.839. The summed E-state index contributed by atoms with van der Waals surface area (Å²) in [6.07, 6.45) is -1.68. The van der Waals surface area contributed by atoms with Crippen LogP contribution in [-0.2, 0) is 0 Å². The molecular formula is C14H19F3N2O2. The van der Waals surface area contributed by atoms with Gasteiger partial charge in [0.25, 0.3) is 0 Å². The first kappa shape index (κ1) is 13.7. The summed E-state index contributed by atoms with van der Waals surface area (Å²) in [4.78, 5) is 12.2. The standard InChI is InChI=1S/C14H19F3N2O2/c15-14(16,17)13(1-2-13)18-8-11-5-12(6-11,7-11)9-3-19(4-9)10(20)21/h9,18H,1-8H2,(H,20,21). The first-order valence-corrected chi connectivity index (χ1v) is 7.49. The third-order valence-corrected chi connectivity index (χ3v) is 6.29. The number of rotatable bonds is 4. The minimum Gasteiger partial charge on any atom is -0.465 e. The molecule has 0 aromatic carbocycles. The average Bonchev–Trinajstić information content (AvgIpc) is 2.95. The topological polar surface area (TPSA) is 52.6 Å². The van der Waals surface area contributed by atoms with Crippen molar-refractivity contribution in [3.05, 3.63) is 0 Å². The molecule has 1 aliphatic heterocycles. The van der Waals surface area contributed by atoms with Gasteiger partial charge in [0.05, 0.1) is 0 Å². The normalized spacial score (nSPS) is 40.0. The molecule has 4 saturated carbocycles. The van der Waals surface area contributed by atoms with E-state index in [4.69, 9.17) is 5.11 Å². The Morgan fingerprint density at radius 3 is 2.24 bits per heavy atom. The second-order valence-electron chi connectivity index (χ2n) is 7.71. The lowest BCUT2D eigenvalue weighted by molar-refractivity contribution is -0.256. The predicted molar refractivity (Wildman–Crippen MR) is 67.8 cm³/mol. The predicted octanol–water partition coefficient (Wildman–Crippen LogP) is 2.45. The van der Waals surface area contributed by atoms with Crippen molar-refractivity contribution in [2.24, 2.45) is 16.7 Å². The summed E-state index contributed by atoms with van der Waals surface area (Å²) in [5, 5.41) is 11.6. The Kier molecular flexibility index (Phi) is 2.39. The van der Waals surface area contributed by atoms with Crippen LogP contribution in [0.2, 0.25) is 0 Å². The van der Waals surface area contributed by atoms with Crippen LogP contribution in [0.4, 0.5) is 18.0 Å². The van der Waals surface area contributed by atoms with E-state index in [-0.39, 0.29) is 23.7 Å². The lowest BCUT2D eigenvalue weighted by atomic mass is 9.31. The van der Waals surface area contributed by atoms with Crippen molar-refractivity contribution in [1.29, 1.82) is 0 Å². The Labute approximate surface area is 120 Å². The maximum atomic E-state index is 12.9. The number of amides is 1. The van der Waals surface area contributed by atoms with Gasteiger partial charge in [-0.25, -0.2) is 4.79 Å². The minimum absolute atomic E-state index is 0.0600. The van der Waals surface area contributed by atoms with Crippen molar-refractivity contribution in [3.8, 4) is 0 Å². The molecule has 1 heterocycles. The number of hydrogen-bond acceptors (Lipinski definition) is 2. The van der Waals surface area contributed by atoms with Crippen LogP contribution in [0.15, 0.2) is 0 Å². The molecule has 0 unspecified atom stereocenters. The molecule has 1 saturated heterocycles. The van der Waals surface area contributed by atoms with Gasteiger partial charge in [0, 0.05) is 25.6 Å². The van der Waals surface area contributed by atoms with Crippen LogP contribution in [0.1, 0.15) is 32.1 Å². The summed E-state index contributed by atoms with van der Waals surface area (Å²) in [6.45, 7) is 1.67. The van der Waals surface area contributed by atoms with E-state index in [9.17, 15) is 18.0 Å². The molecule has 118 valence electrons. The second kappa shape index (κ2) is 3.67. The van der Waals surface area contributed by atoms with Crippen LogP contribution in [0, 0.1) is 16.7 Å². The molecule has 0 spiro atoms. The number of nitrogens with one attached hydrogen (secondary N) is 1. The number of hydrogen-bond donors (Lipinski definition) is 2. The van der Waals surface area contributed by atoms with E-state index in [1.807, 2.05) is 0 Å². The molecule has 5 aliphatic rings. The summed E-state index contributed by atoms with van der Waals surface area (Å²) in [6, 6.07) is 0. The Morgan fingerprint density at radius 2 is 1.81 bits per heavy atom. The fourth-order valence-corrected chi connectivity index (χ4v) is 4.77. The van der Waals surface area contributed by atoms with Gasteiger partial charge < -0.3 is 15.3 Å². The highest BCUT2D eigenvalue weighted by molar-refractivity contribution is 5.66. The molecule has 0 atom stereocenters. The molecule has 5 fully saturated rings. The molecule has 7 heteroatoms. The number of halogens is 3. The molecule has 4 aliphatic carbocycles. The van der Waals surface area contributed by atoms with Gasteiger partial charge in [0.1, 0.15) is 5.54 Å². The van der Waals surface area contributed by atoms with Gasteiger partial charge in [0.15, 0.2) is 0 Å². The minimum atomic E-state index is -4.13. The maximum absolute atomic E-state index is 12.9. The molecule has 1 amide bonds. The van der Waals surface area contributed by atoms with Gasteiger partial charge in [-0.05, 0) is 42.9 Å². The number of alkyl halides is 3. The van der Waals surface area contributed by atoms with E-state index in [1.165, 1.54) is 4.90 Å². The van der Waals surface area contributed by atoms with Crippen LogP contribution >= 0.6 is 0 Å². The van der Waals surface area contributed by atoms with Crippen molar-refractivity contribution in [3.63, 3.8) is 0 Å². The van der Waals surface area contributed by atoms with E-state index < -0.39 is 17.8 Å². The van der Waals surface area contributed by atoms with Gasteiger partial charge in [-0.1, -0.05) is 0 Å². The molecule has 2 N–H and O–H groups in total. The monoisotopic (exact) mass is 304 g/mol. The Morgan fingerprint density at radius 1 is 1.24 bits per heavy atom. The van der Waals surface area contributed by atoms with Crippen LogP contribution in [0.25, 0.3) is 0 Å². The molecular weight excluding hydrogens is 285 g/mol. The zero-order valence-corrected chi connectivity index (χ0v) is 11.7. The number of likely N-dealkylation sites (tertiary alicyclic amines) is 1. The van der Waals surface area contributed by atoms with Gasteiger partial charge in [-0.3, -0.25) is 0 Å². The van der Waals surface area contributed by atoms with E-state index in [0.717, 1.165) is 19.3 Å². The largest absolute Gasteiger partial charge is 0.465 e. The highest BCUT2D eigenvalue weighted by Gasteiger charge is 2.72. The van der Waals surface area contributed by atoms with Crippen LogP contribution in [0.5, 0.6) is 0 Å². The van der Waals surface area contributed by atoms with Gasteiger partial charge in [0.2, 0.25) is 0 Å². The summed E-state index contributed by atoms with van der Waals surface area (Å²) >= 11 is 0. The zero-order valence-electron chi connectivity index (χ0n) is 11.7. The van der Waals surface area contributed by atoms with Crippen molar-refractivity contribution in [1.82, 2.24) is 10.2 Å². The smallest absolute Gasteiger partial charge is 0.407 e. The van der Waals surface area contributed by atoms with E-state index in [1.54, 1.807) is 0 Å². The highest BCUT2D eigenvalue weighted by atomic mass is 19.4. The third-order valence-electron chi connectivity index (χ3n) is 6.29. The first-order chi connectivity index (χ1) is 9.70. The summed E-state index contributed by atoms with van der Waals surface area (Å²) in [5.74, 6) is 0.424. The lowest BCUT2D eigenvalue weighted by Gasteiger charge is -2.75. The molecule has 21 heavy (non-hydrogen) atoms. The number of nitrogens with zero attached hydrogens (tertiary/aromatic N) is 1. The SMILES string of the molecule is O=C(O)N1CC(C23CC(CNC4(C(F)(F)F)CC4)(C2)C3)C1. The maximum Gasteiger partial charge on any atom is 0.407 e. The van der Waals surface area contributed by atoms with Crippen LogP contribution < -0.4 is 5.32 Å². The van der Waals surface area contributed by atoms with Crippen molar-refractivity contribution in [2.75, 3.05) is 19.6 Å². The number of carboxylic acid groups (broad SMARTS) is 1. The number of carbonyl (C=O) groups is 1. The second-order valence-corrected chi connectivity index (χ2v) is 7.71. The first-order valence-electron chi connectivity index (χ1n) is 7.49. The molecule has 2 bridgehead atoms. The Balaban J connectivity index is 1.26.